The minimum atomic E-state index is -0.385. The van der Waals surface area contributed by atoms with Gasteiger partial charge in [0, 0.05) is 5.69 Å². The van der Waals surface area contributed by atoms with Crippen LogP contribution < -0.4 is 0 Å². The predicted molar refractivity (Wildman–Crippen MR) is 56.7 cm³/mol. The predicted octanol–water partition coefficient (Wildman–Crippen LogP) is 2.17. The molecule has 1 aromatic heterocycles. The highest BCUT2D eigenvalue weighted by Gasteiger charge is 2.11. The van der Waals surface area contributed by atoms with E-state index in [-0.39, 0.29) is 5.97 Å². The maximum Gasteiger partial charge on any atom is 0.357 e. The van der Waals surface area contributed by atoms with E-state index in [9.17, 15) is 4.79 Å². The van der Waals surface area contributed by atoms with Crippen molar-refractivity contribution in [1.82, 2.24) is 9.97 Å². The number of esters is 1. The largest absolute Gasteiger partial charge is 0.461 e. The number of carbonyl (C=O) groups excluding carboxylic acids is 1. The van der Waals surface area contributed by atoms with E-state index >= 15 is 0 Å². The molecule has 82 valence electrons. The summed E-state index contributed by atoms with van der Waals surface area (Å²) < 4.78 is 4.87. The Bertz CT molecular complexity index is 339. The van der Waals surface area contributed by atoms with E-state index in [0.29, 0.717) is 18.2 Å². The first-order valence-electron chi connectivity index (χ1n) is 5.18. The van der Waals surface area contributed by atoms with Crippen LogP contribution in [0.1, 0.15) is 49.3 Å². The maximum absolute atomic E-state index is 11.4. The number of rotatable bonds is 4. The minimum Gasteiger partial charge on any atom is -0.461 e. The van der Waals surface area contributed by atoms with Crippen LogP contribution in [0.4, 0.5) is 0 Å². The van der Waals surface area contributed by atoms with Gasteiger partial charge in [-0.3, -0.25) is 0 Å². The second-order valence-corrected chi connectivity index (χ2v) is 3.36. The van der Waals surface area contributed by atoms with Gasteiger partial charge in [-0.25, -0.2) is 14.8 Å². The van der Waals surface area contributed by atoms with Crippen LogP contribution in [0.15, 0.2) is 12.4 Å². The minimum absolute atomic E-state index is 0.334. The summed E-state index contributed by atoms with van der Waals surface area (Å²) in [5.74, 6) is -0.0503. The van der Waals surface area contributed by atoms with E-state index < -0.39 is 0 Å². The van der Waals surface area contributed by atoms with Gasteiger partial charge in [0.25, 0.3) is 0 Å². The fraction of sp³-hybridized carbons (Fsp3) is 0.545. The second kappa shape index (κ2) is 5.44. The Balaban J connectivity index is 2.87. The van der Waals surface area contributed by atoms with E-state index in [0.717, 1.165) is 12.1 Å². The fourth-order valence-corrected chi connectivity index (χ4v) is 1.17. The SMILES string of the molecule is CCOC(=O)c1cc([C@H](C)CC)ncn1. The zero-order valence-corrected chi connectivity index (χ0v) is 9.36. The smallest absolute Gasteiger partial charge is 0.357 e. The van der Waals surface area contributed by atoms with Gasteiger partial charge in [-0.1, -0.05) is 13.8 Å². The molecule has 0 unspecified atom stereocenters. The number of nitrogens with zero attached hydrogens (tertiary/aromatic N) is 2. The average molecular weight is 208 g/mol. The quantitative estimate of drug-likeness (QED) is 0.711. The molecule has 1 heterocycles. The van der Waals surface area contributed by atoms with Crippen LogP contribution in [0.25, 0.3) is 0 Å². The standard InChI is InChI=1S/C11H16N2O2/c1-4-8(3)9-6-10(13-7-12-9)11(14)15-5-2/h6-8H,4-5H2,1-3H3/t8-/m1/s1. The number of aromatic nitrogens is 2. The van der Waals surface area contributed by atoms with Crippen LogP contribution in [-0.4, -0.2) is 22.5 Å². The lowest BCUT2D eigenvalue weighted by molar-refractivity contribution is 0.0519. The van der Waals surface area contributed by atoms with Gasteiger partial charge in [-0.05, 0) is 25.3 Å². The normalized spacial score (nSPS) is 12.2. The second-order valence-electron chi connectivity index (χ2n) is 3.36. The third kappa shape index (κ3) is 3.01. The molecule has 1 atom stereocenters. The molecule has 1 aromatic rings. The van der Waals surface area contributed by atoms with Gasteiger partial charge in [-0.15, -0.1) is 0 Å². The highest BCUT2D eigenvalue weighted by atomic mass is 16.5. The highest BCUT2D eigenvalue weighted by Crippen LogP contribution is 2.16. The Labute approximate surface area is 89.7 Å². The topological polar surface area (TPSA) is 52.1 Å². The first kappa shape index (κ1) is 11.6. The molecule has 15 heavy (non-hydrogen) atoms. The van der Waals surface area contributed by atoms with Gasteiger partial charge < -0.3 is 4.74 Å². The van der Waals surface area contributed by atoms with Crippen LogP contribution in [0.5, 0.6) is 0 Å². The maximum atomic E-state index is 11.4. The van der Waals surface area contributed by atoms with Crippen molar-refractivity contribution in [3.05, 3.63) is 23.8 Å². The Morgan fingerprint density at radius 2 is 2.20 bits per heavy atom. The van der Waals surface area contributed by atoms with Crippen LogP contribution >= 0.6 is 0 Å². The molecule has 0 spiro atoms. The van der Waals surface area contributed by atoms with Crippen molar-refractivity contribution in [3.8, 4) is 0 Å². The summed E-state index contributed by atoms with van der Waals surface area (Å²) in [6, 6.07) is 1.70. The van der Waals surface area contributed by atoms with Crippen molar-refractivity contribution in [3.63, 3.8) is 0 Å². The monoisotopic (exact) mass is 208 g/mol. The third-order valence-electron chi connectivity index (χ3n) is 2.29. The van der Waals surface area contributed by atoms with Crippen LogP contribution in [0.3, 0.4) is 0 Å². The molecule has 0 aliphatic carbocycles. The van der Waals surface area contributed by atoms with E-state index in [2.05, 4.69) is 23.8 Å². The van der Waals surface area contributed by atoms with Crippen LogP contribution in [0, 0.1) is 0 Å². The van der Waals surface area contributed by atoms with Crippen molar-refractivity contribution in [2.45, 2.75) is 33.1 Å². The lowest BCUT2D eigenvalue weighted by Gasteiger charge is -2.08. The summed E-state index contributed by atoms with van der Waals surface area (Å²) in [7, 11) is 0. The van der Waals surface area contributed by atoms with Gasteiger partial charge in [0.15, 0.2) is 5.69 Å². The number of ether oxygens (including phenoxy) is 1. The summed E-state index contributed by atoms with van der Waals surface area (Å²) in [4.78, 5) is 19.4. The summed E-state index contributed by atoms with van der Waals surface area (Å²) in [6.07, 6.45) is 2.40. The molecule has 4 heteroatoms. The molecule has 0 amide bonds. The van der Waals surface area contributed by atoms with E-state index in [4.69, 9.17) is 4.74 Å². The lowest BCUT2D eigenvalue weighted by Crippen LogP contribution is -2.09. The van der Waals surface area contributed by atoms with Gasteiger partial charge >= 0.3 is 5.97 Å². The van der Waals surface area contributed by atoms with Gasteiger partial charge in [0.05, 0.1) is 6.61 Å². The van der Waals surface area contributed by atoms with Gasteiger partial charge in [0.1, 0.15) is 6.33 Å². The molecule has 0 N–H and O–H groups in total. The molecule has 0 bridgehead atoms. The molecule has 0 aromatic carbocycles. The highest BCUT2D eigenvalue weighted by molar-refractivity contribution is 5.87. The molecule has 0 saturated carbocycles. The Morgan fingerprint density at radius 3 is 2.80 bits per heavy atom. The van der Waals surface area contributed by atoms with Crippen molar-refractivity contribution >= 4 is 5.97 Å². The number of hydrogen-bond acceptors (Lipinski definition) is 4. The Morgan fingerprint density at radius 1 is 1.47 bits per heavy atom. The van der Waals surface area contributed by atoms with Crippen LogP contribution in [0.2, 0.25) is 0 Å². The zero-order valence-electron chi connectivity index (χ0n) is 9.36. The Hall–Kier alpha value is -1.45. The first-order valence-corrected chi connectivity index (χ1v) is 5.18. The number of carbonyl (C=O) groups is 1. The summed E-state index contributed by atoms with van der Waals surface area (Å²) in [5, 5.41) is 0. The summed E-state index contributed by atoms with van der Waals surface area (Å²) >= 11 is 0. The van der Waals surface area contributed by atoms with Crippen molar-refractivity contribution in [2.75, 3.05) is 6.61 Å². The van der Waals surface area contributed by atoms with E-state index in [1.165, 1.54) is 6.33 Å². The van der Waals surface area contributed by atoms with Crippen molar-refractivity contribution < 1.29 is 9.53 Å². The molecule has 0 fully saturated rings. The molecular formula is C11H16N2O2. The summed E-state index contributed by atoms with van der Waals surface area (Å²) in [6.45, 7) is 6.28. The molecule has 1 rings (SSSR count). The molecule has 0 aliphatic rings. The Kier molecular flexibility index (Phi) is 4.21. The first-order chi connectivity index (χ1) is 7.19. The van der Waals surface area contributed by atoms with Gasteiger partial charge in [-0.2, -0.15) is 0 Å². The third-order valence-corrected chi connectivity index (χ3v) is 2.29. The molecule has 4 nitrogen and oxygen atoms in total. The molecule has 0 saturated heterocycles. The molecular weight excluding hydrogens is 192 g/mol. The molecule has 0 radical (unpaired) electrons. The van der Waals surface area contributed by atoms with Crippen molar-refractivity contribution in [1.29, 1.82) is 0 Å². The van der Waals surface area contributed by atoms with E-state index in [1.807, 2.05) is 0 Å². The molecule has 0 aliphatic heterocycles. The van der Waals surface area contributed by atoms with Crippen molar-refractivity contribution in [2.24, 2.45) is 0 Å². The van der Waals surface area contributed by atoms with E-state index in [1.54, 1.807) is 13.0 Å². The fourth-order valence-electron chi connectivity index (χ4n) is 1.17. The lowest BCUT2D eigenvalue weighted by atomic mass is 10.0. The average Bonchev–Trinajstić information content (AvgIpc) is 2.28. The zero-order chi connectivity index (χ0) is 11.3. The van der Waals surface area contributed by atoms with Gasteiger partial charge in [0.2, 0.25) is 0 Å². The number of hydrogen-bond donors (Lipinski definition) is 0. The summed E-state index contributed by atoms with van der Waals surface area (Å²) in [5.41, 5.74) is 1.22. The van der Waals surface area contributed by atoms with Crippen LogP contribution in [-0.2, 0) is 4.74 Å².